The molecule has 27 heavy (non-hydrogen) atoms. The van der Waals surface area contributed by atoms with E-state index in [1.165, 1.54) is 32.7 Å². The van der Waals surface area contributed by atoms with Crippen LogP contribution in [0.3, 0.4) is 0 Å². The van der Waals surface area contributed by atoms with Crippen molar-refractivity contribution in [2.45, 2.75) is 13.8 Å². The molecule has 0 amide bonds. The van der Waals surface area contributed by atoms with Crippen LogP contribution in [0.2, 0.25) is 0 Å². The molecule has 0 aliphatic rings. The van der Waals surface area contributed by atoms with Crippen molar-refractivity contribution in [2.24, 2.45) is 0 Å². The lowest BCUT2D eigenvalue weighted by Crippen LogP contribution is -1.79. The van der Waals surface area contributed by atoms with Gasteiger partial charge in [-0.15, -0.1) is 0 Å². The summed E-state index contributed by atoms with van der Waals surface area (Å²) in [5.41, 5.74) is 4.27. The maximum absolute atomic E-state index is 6.46. The number of hydrogen-bond acceptors (Lipinski definition) is 1. The average Bonchev–Trinajstić information content (AvgIpc) is 2.73. The Kier molecular flexibility index (Phi) is 3.61. The molecule has 5 aromatic rings. The molecule has 0 spiro atoms. The van der Waals surface area contributed by atoms with E-state index in [1.807, 2.05) is 12.1 Å². The van der Waals surface area contributed by atoms with E-state index < -0.39 is 0 Å². The normalized spacial score (nSPS) is 11.3. The zero-order valence-corrected chi connectivity index (χ0v) is 15.5. The summed E-state index contributed by atoms with van der Waals surface area (Å²) < 4.78 is 6.46. The van der Waals surface area contributed by atoms with E-state index in [0.717, 1.165) is 21.9 Å². The lowest BCUT2D eigenvalue weighted by atomic mass is 9.99. The predicted octanol–water partition coefficient (Wildman–Crippen LogP) is 7.63. The molecule has 130 valence electrons. The lowest BCUT2D eigenvalue weighted by molar-refractivity contribution is 0.663. The molecule has 0 fully saturated rings. The Morgan fingerprint density at radius 3 is 1.37 bits per heavy atom. The molecule has 0 unspecified atom stereocenters. The number of hydrogen-bond donors (Lipinski definition) is 0. The Hall–Kier alpha value is -3.32. The Morgan fingerprint density at radius 2 is 0.889 bits per heavy atom. The smallest absolute Gasteiger partial charge is 0.135 e. The van der Waals surface area contributed by atoms with Gasteiger partial charge >= 0.3 is 0 Å². The van der Waals surface area contributed by atoms with Crippen LogP contribution in [0, 0.1) is 13.8 Å². The molecule has 0 atom stereocenters. The molecule has 5 rings (SSSR count). The number of aryl methyl sites for hydroxylation is 2. The molecule has 0 radical (unpaired) electrons. The van der Waals surface area contributed by atoms with E-state index in [4.69, 9.17) is 4.42 Å². The zero-order valence-electron chi connectivity index (χ0n) is 15.5. The summed E-state index contributed by atoms with van der Waals surface area (Å²) in [6.45, 7) is 4.28. The fourth-order valence-corrected chi connectivity index (χ4v) is 3.91. The maximum Gasteiger partial charge on any atom is 0.135 e. The molecule has 1 heteroatoms. The van der Waals surface area contributed by atoms with E-state index >= 15 is 0 Å². The highest BCUT2D eigenvalue weighted by molar-refractivity contribution is 6.18. The molecule has 0 aliphatic carbocycles. The van der Waals surface area contributed by atoms with Crippen molar-refractivity contribution >= 4 is 43.5 Å². The van der Waals surface area contributed by atoms with Crippen molar-refractivity contribution < 1.29 is 4.42 Å². The van der Waals surface area contributed by atoms with Gasteiger partial charge < -0.3 is 4.42 Å². The van der Waals surface area contributed by atoms with Crippen molar-refractivity contribution in [1.82, 2.24) is 0 Å². The van der Waals surface area contributed by atoms with Crippen LogP contribution in [0.4, 0.5) is 0 Å². The van der Waals surface area contributed by atoms with E-state index in [-0.39, 0.29) is 0 Å². The summed E-state index contributed by atoms with van der Waals surface area (Å²) in [4.78, 5) is 0. The van der Waals surface area contributed by atoms with E-state index in [9.17, 15) is 0 Å². The minimum absolute atomic E-state index is 0.890. The number of fused-ring (bicyclic) bond motifs is 7. The summed E-state index contributed by atoms with van der Waals surface area (Å²) in [7, 11) is 0. The van der Waals surface area contributed by atoms with Crippen LogP contribution in [0.15, 0.2) is 89.3 Å². The van der Waals surface area contributed by atoms with Crippen molar-refractivity contribution in [1.29, 1.82) is 0 Å². The maximum atomic E-state index is 6.46. The topological polar surface area (TPSA) is 13.1 Å². The third kappa shape index (κ3) is 2.63. The summed E-state index contributed by atoms with van der Waals surface area (Å²) in [5.74, 6) is 0. The monoisotopic (exact) mass is 348 g/mol. The Morgan fingerprint density at radius 1 is 0.444 bits per heavy atom. The first-order valence-corrected chi connectivity index (χ1v) is 9.29. The first-order chi connectivity index (χ1) is 13.2. The predicted molar refractivity (Wildman–Crippen MR) is 116 cm³/mol. The second-order valence-corrected chi connectivity index (χ2v) is 7.19. The molecule has 0 N–H and O–H groups in total. The van der Waals surface area contributed by atoms with Crippen LogP contribution in [0.5, 0.6) is 0 Å². The van der Waals surface area contributed by atoms with Crippen LogP contribution < -0.4 is 0 Å². The van der Waals surface area contributed by atoms with Gasteiger partial charge in [-0.25, -0.2) is 0 Å². The van der Waals surface area contributed by atoms with E-state index in [0.29, 0.717) is 0 Å². The lowest BCUT2D eigenvalue weighted by Gasteiger charge is -2.04. The van der Waals surface area contributed by atoms with Crippen LogP contribution in [0.25, 0.3) is 43.5 Å². The van der Waals surface area contributed by atoms with Crippen LogP contribution in [-0.2, 0) is 0 Å². The number of para-hydroxylation sites is 2. The molecule has 1 heterocycles. The molecule has 0 aliphatic heterocycles. The summed E-state index contributed by atoms with van der Waals surface area (Å²) in [5, 5.41) is 7.15. The minimum Gasteiger partial charge on any atom is -0.456 e. The Labute approximate surface area is 158 Å². The second-order valence-electron chi connectivity index (χ2n) is 7.19. The third-order valence-electron chi connectivity index (χ3n) is 5.21. The van der Waals surface area contributed by atoms with Crippen LogP contribution in [0.1, 0.15) is 11.1 Å². The first-order valence-electron chi connectivity index (χ1n) is 9.29. The molecule has 0 saturated heterocycles. The highest BCUT2D eigenvalue weighted by atomic mass is 16.3. The van der Waals surface area contributed by atoms with Gasteiger partial charge in [0.05, 0.1) is 0 Å². The van der Waals surface area contributed by atoms with Gasteiger partial charge in [-0.1, -0.05) is 83.9 Å². The van der Waals surface area contributed by atoms with Crippen LogP contribution in [-0.4, -0.2) is 0 Å². The van der Waals surface area contributed by atoms with Crippen molar-refractivity contribution in [3.05, 3.63) is 96.1 Å². The van der Waals surface area contributed by atoms with Gasteiger partial charge in [0, 0.05) is 10.8 Å². The summed E-state index contributed by atoms with van der Waals surface area (Å²) in [6.07, 6.45) is 0. The minimum atomic E-state index is 0.890. The molecule has 1 nitrogen and oxygen atoms in total. The van der Waals surface area contributed by atoms with Gasteiger partial charge in [0.15, 0.2) is 0 Å². The van der Waals surface area contributed by atoms with Gasteiger partial charge in [-0.3, -0.25) is 0 Å². The molecular weight excluding hydrogens is 328 g/mol. The molecule has 0 bridgehead atoms. The average molecular weight is 348 g/mol. The van der Waals surface area contributed by atoms with Crippen LogP contribution >= 0.6 is 0 Å². The Balaban J connectivity index is 2.25. The molecule has 4 aromatic carbocycles. The van der Waals surface area contributed by atoms with Gasteiger partial charge in [0.25, 0.3) is 0 Å². The first kappa shape index (κ1) is 15.9. The summed E-state index contributed by atoms with van der Waals surface area (Å²) >= 11 is 0. The SMILES string of the molecule is Cc1ccc2c(c1)c1ccccc1oc1ccccc1c1cc(C)ccc12. The van der Waals surface area contributed by atoms with E-state index in [2.05, 4.69) is 86.6 Å². The van der Waals surface area contributed by atoms with Gasteiger partial charge in [-0.2, -0.15) is 0 Å². The molecule has 0 saturated carbocycles. The van der Waals surface area contributed by atoms with E-state index in [1.54, 1.807) is 0 Å². The van der Waals surface area contributed by atoms with Gasteiger partial charge in [0.1, 0.15) is 11.2 Å². The summed E-state index contributed by atoms with van der Waals surface area (Å²) in [6, 6.07) is 30.0. The highest BCUT2D eigenvalue weighted by Gasteiger charge is 2.07. The molecule has 1 aromatic heterocycles. The van der Waals surface area contributed by atoms with Crippen molar-refractivity contribution in [3.8, 4) is 0 Å². The number of benzene rings is 4. The standard InChI is InChI=1S/C26H20O/c1-17-11-13-19-20-14-12-18(2)16-24(20)22-8-4-6-10-26(22)27-25-9-5-3-7-21(25)23(19)15-17/h3-16H,1-2H3. The number of rotatable bonds is 0. The highest BCUT2D eigenvalue weighted by Crippen LogP contribution is 2.33. The fourth-order valence-electron chi connectivity index (χ4n) is 3.91. The van der Waals surface area contributed by atoms with Gasteiger partial charge in [-0.05, 0) is 47.5 Å². The third-order valence-corrected chi connectivity index (χ3v) is 5.21. The van der Waals surface area contributed by atoms with Crippen molar-refractivity contribution in [2.75, 3.05) is 0 Å². The molecular formula is C26H20O. The second kappa shape index (κ2) is 6.14. The zero-order chi connectivity index (χ0) is 18.4. The largest absolute Gasteiger partial charge is 0.456 e. The Bertz CT molecular complexity index is 1280. The quantitative estimate of drug-likeness (QED) is 0.280. The fraction of sp³-hybridized carbons (Fsp3) is 0.0769. The van der Waals surface area contributed by atoms with Crippen molar-refractivity contribution in [3.63, 3.8) is 0 Å². The van der Waals surface area contributed by atoms with Gasteiger partial charge in [0.2, 0.25) is 0 Å².